The van der Waals surface area contributed by atoms with E-state index in [4.69, 9.17) is 0 Å². The Morgan fingerprint density at radius 3 is 3.00 bits per heavy atom. The van der Waals surface area contributed by atoms with Gasteiger partial charge in [-0.05, 0) is 34.8 Å². The summed E-state index contributed by atoms with van der Waals surface area (Å²) in [6.07, 6.45) is 5.65. The van der Waals surface area contributed by atoms with E-state index in [1.54, 1.807) is 6.20 Å². The molecule has 1 fully saturated rings. The van der Waals surface area contributed by atoms with Crippen LogP contribution in [0.15, 0.2) is 16.7 Å². The quantitative estimate of drug-likeness (QED) is 0.847. The maximum atomic E-state index is 4.49. The van der Waals surface area contributed by atoms with Crippen molar-refractivity contribution in [3.05, 3.63) is 22.6 Å². The Hall–Kier alpha value is -0.900. The van der Waals surface area contributed by atoms with E-state index >= 15 is 0 Å². The van der Waals surface area contributed by atoms with E-state index in [9.17, 15) is 0 Å². The van der Waals surface area contributed by atoms with Crippen molar-refractivity contribution in [1.82, 2.24) is 15.0 Å². The normalized spacial score (nSPS) is 17.2. The highest BCUT2D eigenvalue weighted by Crippen LogP contribution is 2.35. The number of nitrogens with zero attached hydrogens (tertiary/aromatic N) is 2. The van der Waals surface area contributed by atoms with Crippen molar-refractivity contribution in [2.45, 2.75) is 25.2 Å². The second kappa shape index (κ2) is 3.05. The van der Waals surface area contributed by atoms with Gasteiger partial charge in [0.2, 0.25) is 0 Å². The molecule has 3 rings (SSSR count). The maximum Gasteiger partial charge on any atom is 0.177 e. The molecule has 14 heavy (non-hydrogen) atoms. The van der Waals surface area contributed by atoms with E-state index in [0.717, 1.165) is 21.5 Å². The van der Waals surface area contributed by atoms with Crippen molar-refractivity contribution in [3.63, 3.8) is 0 Å². The number of aromatic nitrogens is 3. The van der Waals surface area contributed by atoms with Gasteiger partial charge in [0.1, 0.15) is 5.82 Å². The fraction of sp³-hybridized carbons (Fsp3) is 0.400. The monoisotopic (exact) mass is 251 g/mol. The summed E-state index contributed by atoms with van der Waals surface area (Å²) >= 11 is 3.40. The topological polar surface area (TPSA) is 41.6 Å². The molecule has 2 aromatic heterocycles. The van der Waals surface area contributed by atoms with Crippen molar-refractivity contribution >= 4 is 27.1 Å². The van der Waals surface area contributed by atoms with Gasteiger partial charge in [-0.1, -0.05) is 6.42 Å². The number of hydrogen-bond donors (Lipinski definition) is 1. The third-order valence-electron chi connectivity index (χ3n) is 2.81. The lowest BCUT2D eigenvalue weighted by Crippen LogP contribution is -2.10. The molecule has 4 heteroatoms. The third-order valence-corrected chi connectivity index (χ3v) is 3.25. The van der Waals surface area contributed by atoms with Gasteiger partial charge >= 0.3 is 0 Å². The first-order chi connectivity index (χ1) is 6.83. The molecule has 1 aliphatic carbocycles. The third kappa shape index (κ3) is 1.25. The minimum Gasteiger partial charge on any atom is -0.340 e. The van der Waals surface area contributed by atoms with Crippen LogP contribution in [-0.2, 0) is 0 Å². The molecule has 0 amide bonds. The van der Waals surface area contributed by atoms with Crippen LogP contribution in [0.1, 0.15) is 31.0 Å². The molecular weight excluding hydrogens is 242 g/mol. The molecule has 0 aliphatic heterocycles. The molecule has 0 spiro atoms. The highest BCUT2D eigenvalue weighted by molar-refractivity contribution is 9.10. The van der Waals surface area contributed by atoms with Crippen molar-refractivity contribution in [2.24, 2.45) is 0 Å². The Morgan fingerprint density at radius 2 is 2.29 bits per heavy atom. The van der Waals surface area contributed by atoms with Crippen molar-refractivity contribution in [2.75, 3.05) is 0 Å². The van der Waals surface area contributed by atoms with Crippen LogP contribution in [0.5, 0.6) is 0 Å². The SMILES string of the molecule is Brc1cnc2nc(C3CCC3)[nH]c2c1. The largest absolute Gasteiger partial charge is 0.340 e. The van der Waals surface area contributed by atoms with Crippen LogP contribution in [0, 0.1) is 0 Å². The number of hydrogen-bond acceptors (Lipinski definition) is 2. The van der Waals surface area contributed by atoms with E-state index in [0.29, 0.717) is 5.92 Å². The van der Waals surface area contributed by atoms with E-state index in [-0.39, 0.29) is 0 Å². The predicted octanol–water partition coefficient (Wildman–Crippen LogP) is 2.99. The summed E-state index contributed by atoms with van der Waals surface area (Å²) in [4.78, 5) is 12.1. The van der Waals surface area contributed by atoms with Gasteiger partial charge in [0.15, 0.2) is 5.65 Å². The molecule has 0 aromatic carbocycles. The molecule has 1 saturated carbocycles. The molecule has 0 saturated heterocycles. The number of H-pyrrole nitrogens is 1. The van der Waals surface area contributed by atoms with Crippen LogP contribution < -0.4 is 0 Å². The van der Waals surface area contributed by atoms with Crippen LogP contribution >= 0.6 is 15.9 Å². The van der Waals surface area contributed by atoms with Gasteiger partial charge in [-0.3, -0.25) is 0 Å². The summed E-state index contributed by atoms with van der Waals surface area (Å²) in [7, 11) is 0. The molecule has 0 atom stereocenters. The number of halogens is 1. The van der Waals surface area contributed by atoms with E-state index in [1.807, 2.05) is 6.07 Å². The number of aromatic amines is 1. The predicted molar refractivity (Wildman–Crippen MR) is 58.2 cm³/mol. The average Bonchev–Trinajstić information content (AvgIpc) is 2.43. The van der Waals surface area contributed by atoms with Crippen LogP contribution in [0.4, 0.5) is 0 Å². The van der Waals surface area contributed by atoms with Gasteiger partial charge in [-0.15, -0.1) is 0 Å². The minimum atomic E-state index is 0.642. The summed E-state index contributed by atoms with van der Waals surface area (Å²) in [6, 6.07) is 2.03. The van der Waals surface area contributed by atoms with Gasteiger partial charge < -0.3 is 4.98 Å². The smallest absolute Gasteiger partial charge is 0.177 e. The zero-order valence-electron chi connectivity index (χ0n) is 7.63. The van der Waals surface area contributed by atoms with E-state index < -0.39 is 0 Å². The van der Waals surface area contributed by atoms with Gasteiger partial charge in [-0.2, -0.15) is 0 Å². The second-order valence-electron chi connectivity index (χ2n) is 3.77. The second-order valence-corrected chi connectivity index (χ2v) is 4.69. The number of rotatable bonds is 1. The number of imidazole rings is 1. The van der Waals surface area contributed by atoms with Gasteiger partial charge in [0.25, 0.3) is 0 Å². The summed E-state index contributed by atoms with van der Waals surface area (Å²) in [6.45, 7) is 0. The van der Waals surface area contributed by atoms with Crippen LogP contribution in [0.25, 0.3) is 11.2 Å². The highest BCUT2D eigenvalue weighted by atomic mass is 79.9. The molecule has 2 heterocycles. The Bertz CT molecular complexity index is 473. The van der Waals surface area contributed by atoms with Crippen LogP contribution in [0.3, 0.4) is 0 Å². The zero-order chi connectivity index (χ0) is 9.54. The highest BCUT2D eigenvalue weighted by Gasteiger charge is 2.22. The molecule has 1 aliphatic rings. The molecule has 1 N–H and O–H groups in total. The lowest BCUT2D eigenvalue weighted by atomic mass is 9.85. The van der Waals surface area contributed by atoms with Crippen molar-refractivity contribution in [1.29, 1.82) is 0 Å². The molecular formula is C10H10BrN3. The maximum absolute atomic E-state index is 4.49. The van der Waals surface area contributed by atoms with Crippen molar-refractivity contribution in [3.8, 4) is 0 Å². The summed E-state index contributed by atoms with van der Waals surface area (Å²) < 4.78 is 0.994. The first-order valence-electron chi connectivity index (χ1n) is 4.84. The molecule has 0 radical (unpaired) electrons. The van der Waals surface area contributed by atoms with E-state index in [2.05, 4.69) is 30.9 Å². The van der Waals surface area contributed by atoms with Gasteiger partial charge in [0, 0.05) is 16.6 Å². The van der Waals surface area contributed by atoms with E-state index in [1.165, 1.54) is 19.3 Å². The fourth-order valence-electron chi connectivity index (χ4n) is 1.77. The molecule has 72 valence electrons. The average molecular weight is 252 g/mol. The molecule has 3 nitrogen and oxygen atoms in total. The van der Waals surface area contributed by atoms with Gasteiger partial charge in [-0.25, -0.2) is 9.97 Å². The molecule has 2 aromatic rings. The lowest BCUT2D eigenvalue weighted by Gasteiger charge is -2.22. The zero-order valence-corrected chi connectivity index (χ0v) is 9.21. The lowest BCUT2D eigenvalue weighted by molar-refractivity contribution is 0.404. The van der Waals surface area contributed by atoms with Crippen LogP contribution in [-0.4, -0.2) is 15.0 Å². The Labute approximate surface area is 90.1 Å². The van der Waals surface area contributed by atoms with Crippen molar-refractivity contribution < 1.29 is 0 Å². The number of fused-ring (bicyclic) bond motifs is 1. The van der Waals surface area contributed by atoms with Gasteiger partial charge in [0.05, 0.1) is 5.52 Å². The first kappa shape index (κ1) is 8.41. The Balaban J connectivity index is 2.10. The fourth-order valence-corrected chi connectivity index (χ4v) is 2.10. The summed E-state index contributed by atoms with van der Waals surface area (Å²) in [5, 5.41) is 0. The first-order valence-corrected chi connectivity index (χ1v) is 5.63. The molecule has 0 bridgehead atoms. The molecule has 0 unspecified atom stereocenters. The Morgan fingerprint density at radius 1 is 1.43 bits per heavy atom. The minimum absolute atomic E-state index is 0.642. The van der Waals surface area contributed by atoms with Crippen LogP contribution in [0.2, 0.25) is 0 Å². The Kier molecular flexibility index (Phi) is 1.83. The summed E-state index contributed by atoms with van der Waals surface area (Å²) in [5.74, 6) is 1.75. The number of pyridine rings is 1. The number of nitrogens with one attached hydrogen (secondary N) is 1. The standard InChI is InChI=1S/C10H10BrN3/c11-7-4-8-10(12-5-7)14-9(13-8)6-2-1-3-6/h4-6H,1-3H2,(H,12,13,14). The summed E-state index contributed by atoms with van der Waals surface area (Å²) in [5.41, 5.74) is 1.86.